The maximum atomic E-state index is 11.0. The van der Waals surface area contributed by atoms with Crippen molar-refractivity contribution in [2.75, 3.05) is 0 Å². The van der Waals surface area contributed by atoms with Gasteiger partial charge >= 0.3 is 0 Å². The lowest BCUT2D eigenvalue weighted by atomic mass is 10.1. The Morgan fingerprint density at radius 2 is 2.00 bits per heavy atom. The van der Waals surface area contributed by atoms with E-state index in [0.717, 1.165) is 17.0 Å². The molecule has 17 heavy (non-hydrogen) atoms. The summed E-state index contributed by atoms with van der Waals surface area (Å²) in [6.45, 7) is 5.16. The van der Waals surface area contributed by atoms with Gasteiger partial charge in [0, 0.05) is 18.6 Å². The van der Waals surface area contributed by atoms with Crippen LogP contribution in [0.2, 0.25) is 0 Å². The molecule has 0 heterocycles. The normalized spacial score (nSPS) is 13.5. The van der Waals surface area contributed by atoms with Crippen LogP contribution in [0.3, 0.4) is 0 Å². The number of carbonyl (C=O) groups excluding carboxylic acids is 1. The Bertz CT molecular complexity index is 422. The number of aliphatic hydroxyl groups is 1. The van der Waals surface area contributed by atoms with Crippen LogP contribution in [-0.2, 0) is 11.2 Å². The molecule has 3 heteroatoms. The lowest BCUT2D eigenvalue weighted by molar-refractivity contribution is -0.115. The Labute approximate surface area is 102 Å². The summed E-state index contributed by atoms with van der Waals surface area (Å²) in [5, 5.41) is 9.41. The molecule has 92 valence electrons. The largest absolute Gasteiger partial charge is 0.393 e. The number of hydrogen-bond donors (Lipinski definition) is 1. The summed E-state index contributed by atoms with van der Waals surface area (Å²) in [4.78, 5) is 15.4. The van der Waals surface area contributed by atoms with Crippen molar-refractivity contribution in [3.05, 3.63) is 29.8 Å². The molecule has 0 saturated heterocycles. The van der Waals surface area contributed by atoms with Crippen LogP contribution in [0, 0.1) is 0 Å². The number of para-hydroxylation sites is 1. The first-order chi connectivity index (χ1) is 7.99. The Morgan fingerprint density at radius 3 is 2.59 bits per heavy atom. The molecule has 1 unspecified atom stereocenters. The third kappa shape index (κ3) is 4.91. The highest BCUT2D eigenvalue weighted by Crippen LogP contribution is 2.20. The molecule has 0 radical (unpaired) electrons. The zero-order valence-electron chi connectivity index (χ0n) is 10.6. The molecule has 3 nitrogen and oxygen atoms in total. The van der Waals surface area contributed by atoms with Gasteiger partial charge in [-0.05, 0) is 32.4 Å². The third-order valence-electron chi connectivity index (χ3n) is 2.32. The predicted octanol–water partition coefficient (Wildman–Crippen LogP) is 2.68. The Balaban J connectivity index is 2.93. The fraction of sp³-hybridized carbons (Fsp3) is 0.429. The molecule has 0 aliphatic heterocycles. The van der Waals surface area contributed by atoms with Crippen molar-refractivity contribution < 1.29 is 9.90 Å². The van der Waals surface area contributed by atoms with Crippen LogP contribution in [0.15, 0.2) is 29.3 Å². The molecule has 1 rings (SSSR count). The van der Waals surface area contributed by atoms with Crippen LogP contribution in [0.5, 0.6) is 0 Å². The van der Waals surface area contributed by atoms with Crippen LogP contribution in [-0.4, -0.2) is 22.7 Å². The van der Waals surface area contributed by atoms with Gasteiger partial charge in [0.1, 0.15) is 5.78 Å². The van der Waals surface area contributed by atoms with Crippen LogP contribution >= 0.6 is 0 Å². The van der Waals surface area contributed by atoms with E-state index in [2.05, 4.69) is 4.99 Å². The van der Waals surface area contributed by atoms with Crippen molar-refractivity contribution in [3.63, 3.8) is 0 Å². The van der Waals surface area contributed by atoms with Crippen molar-refractivity contribution in [2.24, 2.45) is 4.99 Å². The second-order valence-corrected chi connectivity index (χ2v) is 4.41. The van der Waals surface area contributed by atoms with Gasteiger partial charge in [-0.3, -0.25) is 9.79 Å². The average Bonchev–Trinajstić information content (AvgIpc) is 2.18. The third-order valence-corrected chi connectivity index (χ3v) is 2.32. The fourth-order valence-corrected chi connectivity index (χ4v) is 1.72. The van der Waals surface area contributed by atoms with Gasteiger partial charge in [-0.15, -0.1) is 0 Å². The number of Topliss-reactive ketones (excluding diaryl/α,β-unsaturated/α-hetero) is 1. The summed E-state index contributed by atoms with van der Waals surface area (Å²) < 4.78 is 0. The molecule has 0 aliphatic rings. The highest BCUT2D eigenvalue weighted by Gasteiger charge is 2.05. The molecule has 1 atom stereocenters. The minimum atomic E-state index is -0.389. The lowest BCUT2D eigenvalue weighted by Gasteiger charge is -2.08. The predicted molar refractivity (Wildman–Crippen MR) is 69.9 cm³/mol. The van der Waals surface area contributed by atoms with E-state index in [-0.39, 0.29) is 11.9 Å². The van der Waals surface area contributed by atoms with Gasteiger partial charge in [0.2, 0.25) is 0 Å². The summed E-state index contributed by atoms with van der Waals surface area (Å²) in [5.41, 5.74) is 2.65. The van der Waals surface area contributed by atoms with Gasteiger partial charge in [0.05, 0.1) is 11.8 Å². The Kier molecular flexibility index (Phi) is 5.04. The molecule has 1 aromatic carbocycles. The number of rotatable bonds is 5. The first kappa shape index (κ1) is 13.6. The first-order valence-corrected chi connectivity index (χ1v) is 5.78. The molecular formula is C14H19NO2. The number of aliphatic imine (C=N–C) groups is 1. The number of hydrogen-bond acceptors (Lipinski definition) is 3. The maximum absolute atomic E-state index is 11.0. The minimum Gasteiger partial charge on any atom is -0.393 e. The van der Waals surface area contributed by atoms with E-state index < -0.39 is 0 Å². The summed E-state index contributed by atoms with van der Waals surface area (Å²) in [6, 6.07) is 7.69. The maximum Gasteiger partial charge on any atom is 0.135 e. The molecule has 0 fully saturated rings. The Hall–Kier alpha value is -1.48. The van der Waals surface area contributed by atoms with Crippen LogP contribution in [0.1, 0.15) is 32.8 Å². The van der Waals surface area contributed by atoms with E-state index in [1.807, 2.05) is 31.2 Å². The van der Waals surface area contributed by atoms with Gasteiger partial charge in [-0.2, -0.15) is 0 Å². The summed E-state index contributed by atoms with van der Waals surface area (Å²) in [5.74, 6) is 0.110. The molecule has 1 aromatic rings. The molecule has 0 aromatic heterocycles. The number of benzene rings is 1. The van der Waals surface area contributed by atoms with Crippen molar-refractivity contribution in [1.82, 2.24) is 0 Å². The zero-order chi connectivity index (χ0) is 12.8. The van der Waals surface area contributed by atoms with Crippen molar-refractivity contribution in [2.45, 2.75) is 39.7 Å². The average molecular weight is 233 g/mol. The summed E-state index contributed by atoms with van der Waals surface area (Å²) in [6.07, 6.45) is 0.565. The SMILES string of the molecule is CC(=O)CC(C)=Nc1ccccc1CC(C)O. The minimum absolute atomic E-state index is 0.110. The van der Waals surface area contributed by atoms with Crippen LogP contribution in [0.4, 0.5) is 5.69 Å². The molecule has 1 N–H and O–H groups in total. The van der Waals surface area contributed by atoms with E-state index in [0.29, 0.717) is 12.8 Å². The number of nitrogens with zero attached hydrogens (tertiary/aromatic N) is 1. The van der Waals surface area contributed by atoms with Crippen LogP contribution in [0.25, 0.3) is 0 Å². The van der Waals surface area contributed by atoms with Crippen molar-refractivity contribution >= 4 is 17.2 Å². The van der Waals surface area contributed by atoms with E-state index in [1.54, 1.807) is 13.8 Å². The monoisotopic (exact) mass is 233 g/mol. The second kappa shape index (κ2) is 6.30. The van der Waals surface area contributed by atoms with E-state index in [9.17, 15) is 9.90 Å². The molecule has 0 spiro atoms. The van der Waals surface area contributed by atoms with Gasteiger partial charge in [-0.25, -0.2) is 0 Å². The Morgan fingerprint density at radius 1 is 1.35 bits per heavy atom. The topological polar surface area (TPSA) is 49.7 Å². The first-order valence-electron chi connectivity index (χ1n) is 5.78. The molecule has 0 aliphatic carbocycles. The quantitative estimate of drug-likeness (QED) is 0.795. The van der Waals surface area contributed by atoms with Gasteiger partial charge < -0.3 is 5.11 Å². The lowest BCUT2D eigenvalue weighted by Crippen LogP contribution is -2.05. The fourth-order valence-electron chi connectivity index (χ4n) is 1.72. The number of aliphatic hydroxyl groups excluding tert-OH is 1. The number of ketones is 1. The smallest absolute Gasteiger partial charge is 0.135 e. The van der Waals surface area contributed by atoms with E-state index in [1.165, 1.54) is 0 Å². The summed E-state index contributed by atoms with van der Waals surface area (Å²) >= 11 is 0. The molecular weight excluding hydrogens is 214 g/mol. The summed E-state index contributed by atoms with van der Waals surface area (Å²) in [7, 11) is 0. The molecule has 0 bridgehead atoms. The number of carbonyl (C=O) groups is 1. The van der Waals surface area contributed by atoms with Crippen molar-refractivity contribution in [3.8, 4) is 0 Å². The van der Waals surface area contributed by atoms with E-state index >= 15 is 0 Å². The highest BCUT2D eigenvalue weighted by atomic mass is 16.3. The molecule has 0 amide bonds. The molecule has 0 saturated carbocycles. The van der Waals surface area contributed by atoms with E-state index in [4.69, 9.17) is 0 Å². The van der Waals surface area contributed by atoms with Crippen LogP contribution < -0.4 is 0 Å². The highest BCUT2D eigenvalue weighted by molar-refractivity contribution is 6.00. The van der Waals surface area contributed by atoms with Gasteiger partial charge in [-0.1, -0.05) is 18.2 Å². The second-order valence-electron chi connectivity index (χ2n) is 4.41. The standard InChI is InChI=1S/C14H19NO2/c1-10(8-11(2)16)15-14-7-5-4-6-13(14)9-12(3)17/h4-7,12,17H,8-9H2,1-3H3. The van der Waals surface area contributed by atoms with Crippen molar-refractivity contribution in [1.29, 1.82) is 0 Å². The van der Waals surface area contributed by atoms with Gasteiger partial charge in [0.15, 0.2) is 0 Å². The zero-order valence-corrected chi connectivity index (χ0v) is 10.6. The van der Waals surface area contributed by atoms with Gasteiger partial charge in [0.25, 0.3) is 0 Å².